The Balaban J connectivity index is 1.72. The van der Waals surface area contributed by atoms with Crippen molar-refractivity contribution in [3.05, 3.63) is 29.8 Å². The zero-order valence-corrected chi connectivity index (χ0v) is 10.6. The van der Waals surface area contributed by atoms with E-state index in [0.717, 1.165) is 44.7 Å². The second-order valence-corrected chi connectivity index (χ2v) is 5.16. The molecule has 0 bridgehead atoms. The lowest BCUT2D eigenvalue weighted by Gasteiger charge is -2.27. The number of hydrogen-bond acceptors (Lipinski definition) is 2. The van der Waals surface area contributed by atoms with E-state index < -0.39 is 0 Å². The molecule has 0 spiro atoms. The number of rotatable bonds is 2. The molecular weight excluding hydrogens is 226 g/mol. The van der Waals surface area contributed by atoms with Gasteiger partial charge >= 0.3 is 0 Å². The molecule has 3 nitrogen and oxygen atoms in total. The topological polar surface area (TPSA) is 29.5 Å². The molecule has 1 saturated heterocycles. The molecule has 0 radical (unpaired) electrons. The second kappa shape index (κ2) is 5.01. The molecule has 0 N–H and O–H groups in total. The van der Waals surface area contributed by atoms with E-state index in [-0.39, 0.29) is 0 Å². The summed E-state index contributed by atoms with van der Waals surface area (Å²) in [5, 5.41) is 0. The summed E-state index contributed by atoms with van der Waals surface area (Å²) in [5.74, 6) is 1.61. The lowest BCUT2D eigenvalue weighted by molar-refractivity contribution is -0.130. The van der Waals surface area contributed by atoms with Crippen LogP contribution in [0.5, 0.6) is 5.75 Å². The number of nitrogens with zero attached hydrogens (tertiary/aromatic N) is 1. The van der Waals surface area contributed by atoms with Gasteiger partial charge in [0.2, 0.25) is 5.91 Å². The molecule has 1 fully saturated rings. The summed E-state index contributed by atoms with van der Waals surface area (Å²) in [6, 6.07) is 8.11. The number of fused-ring (bicyclic) bond motifs is 1. The summed E-state index contributed by atoms with van der Waals surface area (Å²) in [4.78, 5) is 14.2. The van der Waals surface area contributed by atoms with Crippen LogP contribution in [0.1, 0.15) is 37.2 Å². The van der Waals surface area contributed by atoms with Crippen molar-refractivity contribution in [3.63, 3.8) is 0 Å². The highest BCUT2D eigenvalue weighted by Crippen LogP contribution is 2.35. The number of hydrogen-bond donors (Lipinski definition) is 0. The minimum absolute atomic E-state index is 0.314. The van der Waals surface area contributed by atoms with Crippen LogP contribution >= 0.6 is 0 Å². The number of likely N-dealkylation sites (tertiary alicyclic amines) is 1. The number of ether oxygens (including phenoxy) is 1. The third-order valence-corrected chi connectivity index (χ3v) is 3.96. The fourth-order valence-electron chi connectivity index (χ4n) is 2.93. The Hall–Kier alpha value is -1.51. The van der Waals surface area contributed by atoms with E-state index in [2.05, 4.69) is 6.07 Å². The average molecular weight is 245 g/mol. The van der Waals surface area contributed by atoms with Crippen LogP contribution in [0.2, 0.25) is 0 Å². The van der Waals surface area contributed by atoms with Gasteiger partial charge < -0.3 is 9.64 Å². The van der Waals surface area contributed by atoms with Crippen LogP contribution in [0.25, 0.3) is 0 Å². The lowest BCUT2D eigenvalue weighted by atomic mass is 9.90. The predicted octanol–water partition coefficient (Wildman–Crippen LogP) is 2.57. The Bertz CT molecular complexity index is 438. The molecular formula is C15H19NO2. The van der Waals surface area contributed by atoms with E-state index in [4.69, 9.17) is 4.74 Å². The number of carbonyl (C=O) groups excluding carboxylic acids is 1. The molecule has 18 heavy (non-hydrogen) atoms. The minimum Gasteiger partial charge on any atom is -0.493 e. The van der Waals surface area contributed by atoms with E-state index in [0.29, 0.717) is 18.2 Å². The van der Waals surface area contributed by atoms with Crippen LogP contribution in [0.3, 0.4) is 0 Å². The van der Waals surface area contributed by atoms with Gasteiger partial charge in [0.05, 0.1) is 6.61 Å². The number of amides is 1. The van der Waals surface area contributed by atoms with Gasteiger partial charge in [0.15, 0.2) is 0 Å². The van der Waals surface area contributed by atoms with Crippen molar-refractivity contribution in [1.82, 2.24) is 4.90 Å². The number of para-hydroxylation sites is 1. The maximum Gasteiger partial charge on any atom is 0.223 e. The van der Waals surface area contributed by atoms with Gasteiger partial charge in [0.25, 0.3) is 0 Å². The smallest absolute Gasteiger partial charge is 0.223 e. The first-order valence-corrected chi connectivity index (χ1v) is 6.84. The number of benzene rings is 1. The SMILES string of the molecule is O=C(CC1CCOc2ccccc21)N1CCCC1. The van der Waals surface area contributed by atoms with Crippen molar-refractivity contribution < 1.29 is 9.53 Å². The summed E-state index contributed by atoms with van der Waals surface area (Å²) in [6.07, 6.45) is 3.92. The van der Waals surface area contributed by atoms with E-state index in [1.807, 2.05) is 23.1 Å². The zero-order chi connectivity index (χ0) is 12.4. The molecule has 0 aromatic heterocycles. The molecule has 1 aromatic carbocycles. The number of carbonyl (C=O) groups is 1. The third-order valence-electron chi connectivity index (χ3n) is 3.96. The third kappa shape index (κ3) is 2.22. The molecule has 2 heterocycles. The summed E-state index contributed by atoms with van der Waals surface area (Å²) in [5.41, 5.74) is 1.20. The van der Waals surface area contributed by atoms with Crippen LogP contribution in [0.4, 0.5) is 0 Å². The maximum atomic E-state index is 12.2. The molecule has 1 aromatic rings. The Labute approximate surface area is 108 Å². The second-order valence-electron chi connectivity index (χ2n) is 5.16. The largest absolute Gasteiger partial charge is 0.493 e. The average Bonchev–Trinajstić information content (AvgIpc) is 2.93. The molecule has 1 unspecified atom stereocenters. The summed E-state index contributed by atoms with van der Waals surface area (Å²) < 4.78 is 5.64. The highest BCUT2D eigenvalue weighted by atomic mass is 16.5. The normalized spacial score (nSPS) is 22.4. The zero-order valence-electron chi connectivity index (χ0n) is 10.6. The fraction of sp³-hybridized carbons (Fsp3) is 0.533. The van der Waals surface area contributed by atoms with Gasteiger partial charge in [-0.15, -0.1) is 0 Å². The van der Waals surface area contributed by atoms with Crippen molar-refractivity contribution in [2.45, 2.75) is 31.6 Å². The van der Waals surface area contributed by atoms with Gasteiger partial charge in [0, 0.05) is 19.5 Å². The molecule has 2 aliphatic heterocycles. The molecule has 96 valence electrons. The van der Waals surface area contributed by atoms with Gasteiger partial charge in [-0.1, -0.05) is 18.2 Å². The van der Waals surface area contributed by atoms with Crippen molar-refractivity contribution >= 4 is 5.91 Å². The molecule has 3 rings (SSSR count). The molecule has 1 atom stereocenters. The van der Waals surface area contributed by atoms with Crippen LogP contribution in [0.15, 0.2) is 24.3 Å². The molecule has 1 amide bonds. The Morgan fingerprint density at radius 3 is 2.89 bits per heavy atom. The van der Waals surface area contributed by atoms with Gasteiger partial charge in [-0.05, 0) is 36.8 Å². The van der Waals surface area contributed by atoms with Crippen molar-refractivity contribution in [2.24, 2.45) is 0 Å². The quantitative estimate of drug-likeness (QED) is 0.801. The van der Waals surface area contributed by atoms with E-state index >= 15 is 0 Å². The highest BCUT2D eigenvalue weighted by molar-refractivity contribution is 5.77. The monoisotopic (exact) mass is 245 g/mol. The van der Waals surface area contributed by atoms with Gasteiger partial charge in [-0.3, -0.25) is 4.79 Å². The van der Waals surface area contributed by atoms with Crippen LogP contribution in [-0.4, -0.2) is 30.5 Å². The van der Waals surface area contributed by atoms with E-state index in [9.17, 15) is 4.79 Å². The van der Waals surface area contributed by atoms with Gasteiger partial charge in [-0.2, -0.15) is 0 Å². The summed E-state index contributed by atoms with van der Waals surface area (Å²) in [7, 11) is 0. The maximum absolute atomic E-state index is 12.2. The molecule has 2 aliphatic rings. The van der Waals surface area contributed by atoms with Crippen LogP contribution in [0, 0.1) is 0 Å². The van der Waals surface area contributed by atoms with Gasteiger partial charge in [0.1, 0.15) is 5.75 Å². The standard InChI is InChI=1S/C15H19NO2/c17-15(16-8-3-4-9-16)11-12-7-10-18-14-6-2-1-5-13(12)14/h1-2,5-6,12H,3-4,7-11H2. The Kier molecular flexibility index (Phi) is 3.22. The first kappa shape index (κ1) is 11.6. The van der Waals surface area contributed by atoms with E-state index in [1.54, 1.807) is 0 Å². The van der Waals surface area contributed by atoms with Crippen molar-refractivity contribution in [3.8, 4) is 5.75 Å². The predicted molar refractivity (Wildman–Crippen MR) is 69.7 cm³/mol. The highest BCUT2D eigenvalue weighted by Gasteiger charge is 2.26. The van der Waals surface area contributed by atoms with E-state index in [1.165, 1.54) is 5.56 Å². The Morgan fingerprint density at radius 2 is 2.06 bits per heavy atom. The minimum atomic E-state index is 0.314. The van der Waals surface area contributed by atoms with Gasteiger partial charge in [-0.25, -0.2) is 0 Å². The van der Waals surface area contributed by atoms with Crippen LogP contribution in [-0.2, 0) is 4.79 Å². The first-order chi connectivity index (χ1) is 8.84. The summed E-state index contributed by atoms with van der Waals surface area (Å²) in [6.45, 7) is 2.63. The molecule has 3 heteroatoms. The van der Waals surface area contributed by atoms with Crippen molar-refractivity contribution in [1.29, 1.82) is 0 Å². The lowest BCUT2D eigenvalue weighted by Crippen LogP contribution is -2.30. The molecule has 0 saturated carbocycles. The Morgan fingerprint density at radius 1 is 1.28 bits per heavy atom. The molecule has 0 aliphatic carbocycles. The first-order valence-electron chi connectivity index (χ1n) is 6.84. The van der Waals surface area contributed by atoms with Crippen molar-refractivity contribution in [2.75, 3.05) is 19.7 Å². The fourth-order valence-corrected chi connectivity index (χ4v) is 2.93. The van der Waals surface area contributed by atoms with Crippen LogP contribution < -0.4 is 4.74 Å². The summed E-state index contributed by atoms with van der Waals surface area (Å²) >= 11 is 0.